The van der Waals surface area contributed by atoms with Crippen LogP contribution < -0.4 is 68.5 Å². The lowest BCUT2D eigenvalue weighted by Gasteiger charge is -2.08. The summed E-state index contributed by atoms with van der Waals surface area (Å²) in [4.78, 5) is 12.4. The fourth-order valence-corrected chi connectivity index (χ4v) is 6.26. The number of carbonyl (C=O) groups excluding carboxylic acids is 1. The van der Waals surface area contributed by atoms with Crippen LogP contribution >= 0.6 is 0 Å². The lowest BCUT2D eigenvalue weighted by atomic mass is 9.82. The summed E-state index contributed by atoms with van der Waals surface area (Å²) in [5.74, 6) is -0.193. The van der Waals surface area contributed by atoms with E-state index in [2.05, 4.69) is 82.0 Å². The predicted molar refractivity (Wildman–Crippen MR) is 201 cm³/mol. The Hall–Kier alpha value is -4.82. The van der Waals surface area contributed by atoms with E-state index in [4.69, 9.17) is 0 Å². The van der Waals surface area contributed by atoms with Gasteiger partial charge in [-0.2, -0.15) is 4.57 Å². The number of hydrogen-bond acceptors (Lipinski definition) is 5. The highest BCUT2D eigenvalue weighted by Gasteiger charge is 2.18. The molecule has 6 rings (SSSR count). The van der Waals surface area contributed by atoms with Gasteiger partial charge in [0.25, 0.3) is 0 Å². The lowest BCUT2D eigenvalue weighted by molar-refractivity contribution is -0.690. The van der Waals surface area contributed by atoms with Crippen LogP contribution in [-0.4, -0.2) is 40.2 Å². The molecule has 0 aliphatic heterocycles. The van der Waals surface area contributed by atoms with Crippen molar-refractivity contribution in [1.29, 1.82) is 0 Å². The topological polar surface area (TPSA) is 126 Å². The molecule has 55 heavy (non-hydrogen) atoms. The number of benzene rings is 2. The fraction of sp³-hybridized carbons (Fsp3) is 0.146. The molecule has 0 atom stereocenters. The van der Waals surface area contributed by atoms with Gasteiger partial charge in [0.15, 0.2) is 75.8 Å². The third-order valence-electron chi connectivity index (χ3n) is 8.81. The van der Waals surface area contributed by atoms with Gasteiger partial charge in [-0.1, -0.05) is 55.1 Å². The molecule has 0 aliphatic rings. The minimum Gasteiger partial charge on any atom is -1.00 e. The Bertz CT molecular complexity index is 2260. The van der Waals surface area contributed by atoms with E-state index in [1.54, 1.807) is 43.6 Å². The van der Waals surface area contributed by atoms with Crippen LogP contribution in [0.1, 0.15) is 34.7 Å². The first-order valence-corrected chi connectivity index (χ1v) is 17.4. The molecule has 14 heteroatoms. The van der Waals surface area contributed by atoms with Crippen LogP contribution in [0.2, 0.25) is 0 Å². The number of rotatable bonds is 14. The largest absolute Gasteiger partial charge is 1.00 e. The predicted octanol–water partition coefficient (Wildman–Crippen LogP) is -5.74. The molecule has 0 fully saturated rings. The zero-order valence-corrected chi connectivity index (χ0v) is 33.6. The molecule has 2 aromatic carbocycles. The maximum absolute atomic E-state index is 12.4. The Morgan fingerprint density at radius 3 is 1.47 bits per heavy atom. The highest BCUT2D eigenvalue weighted by atomic mass is 79.9. The second-order valence-electron chi connectivity index (χ2n) is 13.3. The first kappa shape index (κ1) is 42.9. The second-order valence-corrected chi connectivity index (χ2v) is 13.3. The van der Waals surface area contributed by atoms with Crippen LogP contribution in [0.15, 0.2) is 153 Å². The Morgan fingerprint density at radius 2 is 1.00 bits per heavy atom. The molecule has 0 spiro atoms. The quantitative estimate of drug-likeness (QED) is 0.0425. The standard InChI is InChI=1S/C41H42B2N5O5.2BrH/c1-31(2)41(49)44-21-36-20-38(28-48(26-36)25-35-11-4-10-34(19-35)24-47-17-7-14-40(30-47)43(52)53)37-12-5-15-45(27-37)22-32-8-3-9-33(18-32)23-46-16-6-13-39(29-46)42(50)51;;/h3-20,26-30,50-53H,1,21-25H2,2H3;2*1H/q+3;;/p-1. The number of pyridine rings is 4. The van der Waals surface area contributed by atoms with Gasteiger partial charge in [-0.3, -0.25) is 4.79 Å². The van der Waals surface area contributed by atoms with E-state index in [0.29, 0.717) is 49.2 Å². The van der Waals surface area contributed by atoms with Crippen molar-refractivity contribution in [3.05, 3.63) is 181 Å². The van der Waals surface area contributed by atoms with Gasteiger partial charge in [-0.05, 0) is 31.2 Å². The van der Waals surface area contributed by atoms with E-state index in [9.17, 15) is 24.9 Å². The molecule has 0 unspecified atom stereocenters. The van der Waals surface area contributed by atoms with E-state index in [1.165, 1.54) is 0 Å². The van der Waals surface area contributed by atoms with Crippen molar-refractivity contribution in [2.75, 3.05) is 0 Å². The van der Waals surface area contributed by atoms with Crippen molar-refractivity contribution in [3.63, 3.8) is 0 Å². The van der Waals surface area contributed by atoms with Gasteiger partial charge in [-0.25, -0.2) is 13.7 Å². The SMILES string of the molecule is C=C(C)C(=O)NCc1cc(-c2ccc[n+](Cc3cccc(C[n+]4cccc(B(O)O)c4)c3)c2)c[n+](Cc2cccc(C[n+]3cccc(B(O)O)c3)c2)c1.[Br-].[Br-]. The van der Waals surface area contributed by atoms with Crippen LogP contribution in [0.3, 0.4) is 0 Å². The first-order valence-electron chi connectivity index (χ1n) is 17.4. The van der Waals surface area contributed by atoms with Crippen molar-refractivity contribution in [2.24, 2.45) is 0 Å². The highest BCUT2D eigenvalue weighted by molar-refractivity contribution is 6.58. The summed E-state index contributed by atoms with van der Waals surface area (Å²) < 4.78 is 8.14. The molecule has 280 valence electrons. The third-order valence-corrected chi connectivity index (χ3v) is 8.81. The maximum atomic E-state index is 12.4. The Morgan fingerprint density at radius 1 is 0.564 bits per heavy atom. The summed E-state index contributed by atoms with van der Waals surface area (Å²) in [5, 5.41) is 41.3. The molecule has 0 saturated heterocycles. The summed E-state index contributed by atoms with van der Waals surface area (Å²) >= 11 is 0. The van der Waals surface area contributed by atoms with Gasteiger partial charge in [0, 0.05) is 69.1 Å². The Balaban J connectivity index is 0.00000336. The fourth-order valence-electron chi connectivity index (χ4n) is 6.26. The number of nitrogens with zero attached hydrogens (tertiary/aromatic N) is 4. The van der Waals surface area contributed by atoms with Gasteiger partial charge < -0.3 is 59.4 Å². The van der Waals surface area contributed by atoms with Gasteiger partial charge >= 0.3 is 14.2 Å². The van der Waals surface area contributed by atoms with Gasteiger partial charge in [0.1, 0.15) is 0 Å². The number of nitrogens with one attached hydrogen (secondary N) is 1. The van der Waals surface area contributed by atoms with Crippen molar-refractivity contribution < 1.29 is 77.1 Å². The van der Waals surface area contributed by atoms with Crippen molar-refractivity contribution in [1.82, 2.24) is 5.32 Å². The van der Waals surface area contributed by atoms with E-state index >= 15 is 0 Å². The number of aromatic nitrogens is 4. The molecule has 1 amide bonds. The second kappa shape index (κ2) is 20.2. The number of carbonyl (C=O) groups is 1. The molecule has 6 aromatic rings. The zero-order chi connectivity index (χ0) is 37.3. The molecule has 5 N–H and O–H groups in total. The monoisotopic (exact) mass is 865 g/mol. The third kappa shape index (κ3) is 12.3. The number of hydrogen-bond donors (Lipinski definition) is 5. The molecule has 0 saturated carbocycles. The van der Waals surface area contributed by atoms with Crippen LogP contribution in [0, 0.1) is 0 Å². The Kier molecular flexibility index (Phi) is 15.8. The average Bonchev–Trinajstić information content (AvgIpc) is 3.14. The summed E-state index contributed by atoms with van der Waals surface area (Å²) in [6, 6.07) is 29.8. The average molecular weight is 867 g/mol. The minimum atomic E-state index is -1.53. The van der Waals surface area contributed by atoms with Crippen LogP contribution in [0.4, 0.5) is 0 Å². The van der Waals surface area contributed by atoms with E-state index < -0.39 is 14.2 Å². The van der Waals surface area contributed by atoms with Gasteiger partial charge in [-0.15, -0.1) is 0 Å². The lowest BCUT2D eigenvalue weighted by Crippen LogP contribution is -3.00. The molecule has 4 aromatic heterocycles. The summed E-state index contributed by atoms with van der Waals surface area (Å²) in [6.45, 7) is 8.23. The van der Waals surface area contributed by atoms with Crippen LogP contribution in [-0.2, 0) is 37.5 Å². The first-order chi connectivity index (χ1) is 25.6. The molecule has 0 radical (unpaired) electrons. The van der Waals surface area contributed by atoms with Gasteiger partial charge in [0.05, 0.1) is 11.1 Å². The normalized spacial score (nSPS) is 10.5. The van der Waals surface area contributed by atoms with Crippen LogP contribution in [0.25, 0.3) is 11.1 Å². The van der Waals surface area contributed by atoms with Crippen molar-refractivity contribution in [3.8, 4) is 11.1 Å². The smallest absolute Gasteiger partial charge is 0.494 e. The van der Waals surface area contributed by atoms with Gasteiger partial charge in [0.2, 0.25) is 5.91 Å². The van der Waals surface area contributed by atoms with Crippen LogP contribution in [0.5, 0.6) is 0 Å². The molecular formula is C41H43B2Br2N5O5+2. The summed E-state index contributed by atoms with van der Waals surface area (Å²) in [7, 11) is -3.04. The number of amides is 1. The Labute approximate surface area is 343 Å². The molecule has 4 heterocycles. The molecular weight excluding hydrogens is 824 g/mol. The van der Waals surface area contributed by atoms with E-state index in [-0.39, 0.29) is 39.9 Å². The molecule has 10 nitrogen and oxygen atoms in total. The maximum Gasteiger partial charge on any atom is 0.494 e. The summed E-state index contributed by atoms with van der Waals surface area (Å²) in [6.07, 6.45) is 15.6. The molecule has 0 bridgehead atoms. The van der Waals surface area contributed by atoms with E-state index in [1.807, 2.05) is 52.1 Å². The number of halogens is 2. The van der Waals surface area contributed by atoms with Crippen molar-refractivity contribution >= 4 is 31.1 Å². The minimum absolute atomic E-state index is 0. The highest BCUT2D eigenvalue weighted by Crippen LogP contribution is 2.18. The van der Waals surface area contributed by atoms with Crippen molar-refractivity contribution in [2.45, 2.75) is 39.6 Å². The zero-order valence-electron chi connectivity index (χ0n) is 30.4. The van der Waals surface area contributed by atoms with E-state index in [0.717, 1.165) is 38.9 Å². The molecule has 0 aliphatic carbocycles. The summed E-state index contributed by atoms with van der Waals surface area (Å²) in [5.41, 5.74) is 8.70.